The second-order valence-electron chi connectivity index (χ2n) is 4.40. The molecule has 0 aliphatic heterocycles. The van der Waals surface area contributed by atoms with Crippen LogP contribution in [0.4, 0.5) is 0 Å². The van der Waals surface area contributed by atoms with Gasteiger partial charge in [-0.15, -0.1) is 11.3 Å². The van der Waals surface area contributed by atoms with Crippen molar-refractivity contribution in [1.82, 2.24) is 9.88 Å². The average molecular weight is 340 g/mol. The zero-order valence-electron chi connectivity index (χ0n) is 11.2. The van der Waals surface area contributed by atoms with Gasteiger partial charge in [-0.2, -0.15) is 0 Å². The SMILES string of the molecule is NC(=S)CCN(Cc1cccnc1)C(=O)c1sccc1Cl. The molecule has 7 heteroatoms. The topological polar surface area (TPSA) is 59.2 Å². The van der Waals surface area contributed by atoms with E-state index in [2.05, 4.69) is 4.98 Å². The number of hydrogen-bond acceptors (Lipinski definition) is 4. The zero-order chi connectivity index (χ0) is 15.2. The van der Waals surface area contributed by atoms with Gasteiger partial charge in [0.2, 0.25) is 0 Å². The smallest absolute Gasteiger partial charge is 0.265 e. The van der Waals surface area contributed by atoms with Crippen molar-refractivity contribution < 1.29 is 4.79 Å². The molecule has 110 valence electrons. The number of amides is 1. The highest BCUT2D eigenvalue weighted by atomic mass is 35.5. The van der Waals surface area contributed by atoms with Crippen LogP contribution in [0.1, 0.15) is 21.7 Å². The number of nitrogens with zero attached hydrogens (tertiary/aromatic N) is 2. The molecule has 0 bridgehead atoms. The van der Waals surface area contributed by atoms with Crippen LogP contribution in [0.25, 0.3) is 0 Å². The maximum absolute atomic E-state index is 12.6. The van der Waals surface area contributed by atoms with Crippen molar-refractivity contribution in [2.24, 2.45) is 5.73 Å². The van der Waals surface area contributed by atoms with Gasteiger partial charge in [0.1, 0.15) is 4.88 Å². The summed E-state index contributed by atoms with van der Waals surface area (Å²) in [6, 6.07) is 5.48. The Bertz CT molecular complexity index is 630. The predicted molar refractivity (Wildman–Crippen MR) is 89.7 cm³/mol. The lowest BCUT2D eigenvalue weighted by molar-refractivity contribution is 0.0753. The summed E-state index contributed by atoms with van der Waals surface area (Å²) in [5, 5.41) is 2.27. The molecule has 4 nitrogen and oxygen atoms in total. The van der Waals surface area contributed by atoms with Crippen LogP contribution in [0.3, 0.4) is 0 Å². The molecule has 0 saturated heterocycles. The highest BCUT2D eigenvalue weighted by Gasteiger charge is 2.20. The van der Waals surface area contributed by atoms with Crippen molar-refractivity contribution in [2.45, 2.75) is 13.0 Å². The minimum atomic E-state index is -0.116. The molecule has 0 radical (unpaired) electrons. The number of rotatable bonds is 6. The molecule has 0 saturated carbocycles. The van der Waals surface area contributed by atoms with E-state index in [-0.39, 0.29) is 5.91 Å². The standard InChI is InChI=1S/C14H14ClN3OS2/c15-11-4-7-21-13(11)14(19)18(6-3-12(16)20)9-10-2-1-5-17-8-10/h1-2,4-5,7-8H,3,6,9H2,(H2,16,20). The Labute approximate surface area is 137 Å². The lowest BCUT2D eigenvalue weighted by atomic mass is 10.2. The largest absolute Gasteiger partial charge is 0.393 e. The highest BCUT2D eigenvalue weighted by Crippen LogP contribution is 2.24. The molecular weight excluding hydrogens is 326 g/mol. The Morgan fingerprint density at radius 3 is 2.86 bits per heavy atom. The van der Waals surface area contributed by atoms with Crippen LogP contribution in [-0.4, -0.2) is 27.3 Å². The van der Waals surface area contributed by atoms with Crippen LogP contribution in [0.2, 0.25) is 5.02 Å². The Balaban J connectivity index is 2.17. The molecule has 1 amide bonds. The van der Waals surface area contributed by atoms with Gasteiger partial charge >= 0.3 is 0 Å². The summed E-state index contributed by atoms with van der Waals surface area (Å²) in [7, 11) is 0. The highest BCUT2D eigenvalue weighted by molar-refractivity contribution is 7.80. The Morgan fingerprint density at radius 1 is 1.48 bits per heavy atom. The average Bonchev–Trinajstić information content (AvgIpc) is 2.90. The van der Waals surface area contributed by atoms with E-state index in [1.165, 1.54) is 11.3 Å². The fraction of sp³-hybridized carbons (Fsp3) is 0.214. The molecule has 0 aliphatic carbocycles. The van der Waals surface area contributed by atoms with Crippen molar-refractivity contribution in [3.05, 3.63) is 51.4 Å². The summed E-state index contributed by atoms with van der Waals surface area (Å²) < 4.78 is 0. The predicted octanol–water partition coefficient (Wildman–Crippen LogP) is 3.12. The Hall–Kier alpha value is -1.50. The molecule has 0 aliphatic rings. The first-order chi connectivity index (χ1) is 10.1. The van der Waals surface area contributed by atoms with E-state index in [0.29, 0.717) is 34.4 Å². The molecule has 2 aromatic heterocycles. The zero-order valence-corrected chi connectivity index (χ0v) is 13.5. The van der Waals surface area contributed by atoms with E-state index in [1.54, 1.807) is 28.7 Å². The van der Waals surface area contributed by atoms with Crippen LogP contribution in [0, 0.1) is 0 Å². The molecule has 0 fully saturated rings. The third kappa shape index (κ3) is 4.49. The molecule has 0 atom stereocenters. The molecule has 0 aromatic carbocycles. The fourth-order valence-electron chi connectivity index (χ4n) is 1.80. The summed E-state index contributed by atoms with van der Waals surface area (Å²) in [6.07, 6.45) is 3.90. The molecule has 2 aromatic rings. The van der Waals surface area contributed by atoms with Gasteiger partial charge in [-0.25, -0.2) is 0 Å². The van der Waals surface area contributed by atoms with E-state index in [9.17, 15) is 4.79 Å². The monoisotopic (exact) mass is 339 g/mol. The maximum atomic E-state index is 12.6. The summed E-state index contributed by atoms with van der Waals surface area (Å²) in [5.74, 6) is -0.116. The molecule has 2 N–H and O–H groups in total. The van der Waals surface area contributed by atoms with Crippen molar-refractivity contribution in [1.29, 1.82) is 0 Å². The molecular formula is C14H14ClN3OS2. The van der Waals surface area contributed by atoms with Gasteiger partial charge in [-0.3, -0.25) is 9.78 Å². The van der Waals surface area contributed by atoms with E-state index in [4.69, 9.17) is 29.6 Å². The van der Waals surface area contributed by atoms with Gasteiger partial charge in [-0.1, -0.05) is 29.9 Å². The molecule has 21 heavy (non-hydrogen) atoms. The van der Waals surface area contributed by atoms with Gasteiger partial charge in [-0.05, 0) is 23.1 Å². The van der Waals surface area contributed by atoms with Crippen LogP contribution >= 0.6 is 35.2 Å². The van der Waals surface area contributed by atoms with Gasteiger partial charge in [0.25, 0.3) is 5.91 Å². The van der Waals surface area contributed by atoms with Gasteiger partial charge in [0, 0.05) is 31.9 Å². The first-order valence-corrected chi connectivity index (χ1v) is 7.94. The summed E-state index contributed by atoms with van der Waals surface area (Å²) in [6.45, 7) is 0.904. The fourth-order valence-corrected chi connectivity index (χ4v) is 2.99. The quantitative estimate of drug-likeness (QED) is 0.821. The van der Waals surface area contributed by atoms with E-state index < -0.39 is 0 Å². The summed E-state index contributed by atoms with van der Waals surface area (Å²) >= 11 is 12.3. The van der Waals surface area contributed by atoms with Crippen LogP contribution < -0.4 is 5.73 Å². The minimum absolute atomic E-state index is 0.116. The van der Waals surface area contributed by atoms with E-state index in [0.717, 1.165) is 5.56 Å². The minimum Gasteiger partial charge on any atom is -0.393 e. The van der Waals surface area contributed by atoms with Crippen LogP contribution in [-0.2, 0) is 6.54 Å². The first kappa shape index (κ1) is 15.9. The number of carbonyl (C=O) groups excluding carboxylic acids is 1. The van der Waals surface area contributed by atoms with E-state index >= 15 is 0 Å². The third-order valence-corrected chi connectivity index (χ3v) is 4.36. The van der Waals surface area contributed by atoms with E-state index in [1.807, 2.05) is 12.1 Å². The Kier molecular flexibility index (Phi) is 5.67. The lowest BCUT2D eigenvalue weighted by Crippen LogP contribution is -2.33. The molecule has 0 spiro atoms. The van der Waals surface area contributed by atoms with Gasteiger partial charge in [0.15, 0.2) is 0 Å². The number of hydrogen-bond donors (Lipinski definition) is 1. The summed E-state index contributed by atoms with van der Waals surface area (Å²) in [5.41, 5.74) is 6.49. The van der Waals surface area contributed by atoms with Crippen molar-refractivity contribution >= 4 is 46.1 Å². The van der Waals surface area contributed by atoms with Crippen molar-refractivity contribution in [3.63, 3.8) is 0 Å². The molecule has 2 rings (SSSR count). The van der Waals surface area contributed by atoms with Crippen molar-refractivity contribution in [3.8, 4) is 0 Å². The van der Waals surface area contributed by atoms with Gasteiger partial charge < -0.3 is 10.6 Å². The van der Waals surface area contributed by atoms with Crippen LogP contribution in [0.5, 0.6) is 0 Å². The number of pyridine rings is 1. The molecule has 0 unspecified atom stereocenters. The second-order valence-corrected chi connectivity index (χ2v) is 6.25. The molecule has 2 heterocycles. The van der Waals surface area contributed by atoms with Gasteiger partial charge in [0.05, 0.1) is 10.0 Å². The number of carbonyl (C=O) groups is 1. The maximum Gasteiger partial charge on any atom is 0.265 e. The lowest BCUT2D eigenvalue weighted by Gasteiger charge is -2.22. The Morgan fingerprint density at radius 2 is 2.29 bits per heavy atom. The first-order valence-electron chi connectivity index (χ1n) is 6.27. The number of thiophene rings is 1. The third-order valence-electron chi connectivity index (χ3n) is 2.82. The number of thiocarbonyl (C=S) groups is 1. The summed E-state index contributed by atoms with van der Waals surface area (Å²) in [4.78, 5) is 19.3. The number of aromatic nitrogens is 1. The number of halogens is 1. The van der Waals surface area contributed by atoms with Crippen molar-refractivity contribution in [2.75, 3.05) is 6.54 Å². The normalized spacial score (nSPS) is 10.3. The van der Waals surface area contributed by atoms with Crippen LogP contribution in [0.15, 0.2) is 36.0 Å². The number of nitrogens with two attached hydrogens (primary N) is 1. The second kappa shape index (κ2) is 7.49.